The normalized spacial score (nSPS) is 30.1. The highest BCUT2D eigenvalue weighted by atomic mass is 127. The van der Waals surface area contributed by atoms with Crippen LogP contribution in [0.2, 0.25) is 0 Å². The number of ether oxygens (including phenoxy) is 1. The maximum Gasteiger partial charge on any atom is 0.334 e. The third-order valence-corrected chi connectivity index (χ3v) is 5.98. The van der Waals surface area contributed by atoms with Gasteiger partial charge in [0.2, 0.25) is 0 Å². The molecule has 3 heteroatoms. The summed E-state index contributed by atoms with van der Waals surface area (Å²) >= 11 is 2.44. The van der Waals surface area contributed by atoms with Gasteiger partial charge in [0.05, 0.1) is 3.92 Å². The Labute approximate surface area is 127 Å². The highest BCUT2D eigenvalue weighted by Gasteiger charge is 2.49. The summed E-state index contributed by atoms with van der Waals surface area (Å²) in [4.78, 5) is 11.7. The van der Waals surface area contributed by atoms with Gasteiger partial charge in [0.1, 0.15) is 5.60 Å². The van der Waals surface area contributed by atoms with Gasteiger partial charge < -0.3 is 4.74 Å². The Morgan fingerprint density at radius 1 is 1.47 bits per heavy atom. The molecule has 1 aliphatic heterocycles. The number of hydrogen-bond donors (Lipinski definition) is 0. The molecule has 0 radical (unpaired) electrons. The first-order valence-corrected chi connectivity index (χ1v) is 7.91. The quantitative estimate of drug-likeness (QED) is 0.299. The molecule has 1 fully saturated rings. The van der Waals surface area contributed by atoms with Crippen LogP contribution in [0.25, 0.3) is 0 Å². The van der Waals surface area contributed by atoms with Gasteiger partial charge in [0.15, 0.2) is 0 Å². The zero-order valence-corrected chi connectivity index (χ0v) is 13.2. The van der Waals surface area contributed by atoms with E-state index in [-0.39, 0.29) is 15.5 Å². The van der Waals surface area contributed by atoms with E-state index in [2.05, 4.69) is 54.3 Å². The van der Waals surface area contributed by atoms with E-state index < -0.39 is 0 Å². The number of carbonyl (C=O) groups excluding carboxylic acids is 1. The van der Waals surface area contributed by atoms with E-state index in [4.69, 9.17) is 4.74 Å². The number of hydrogen-bond acceptors (Lipinski definition) is 2. The number of esters is 1. The fourth-order valence-corrected chi connectivity index (χ4v) is 4.46. The first kappa shape index (κ1) is 13.2. The number of alkyl halides is 1. The van der Waals surface area contributed by atoms with Crippen LogP contribution in [0.5, 0.6) is 0 Å². The maximum atomic E-state index is 11.7. The molecule has 1 saturated heterocycles. The molecule has 3 rings (SSSR count). The van der Waals surface area contributed by atoms with Crippen molar-refractivity contribution in [3.05, 3.63) is 47.0 Å². The summed E-state index contributed by atoms with van der Waals surface area (Å²) in [6, 6.07) is 6.62. The highest BCUT2D eigenvalue weighted by molar-refractivity contribution is 14.1. The van der Waals surface area contributed by atoms with Crippen molar-refractivity contribution in [3.63, 3.8) is 0 Å². The zero-order chi connectivity index (χ0) is 13.6. The summed E-state index contributed by atoms with van der Waals surface area (Å²) in [6.45, 7) is 5.97. The van der Waals surface area contributed by atoms with Crippen molar-refractivity contribution in [2.45, 2.75) is 42.1 Å². The molecule has 0 N–H and O–H groups in total. The number of benzene rings is 1. The Morgan fingerprint density at radius 2 is 2.26 bits per heavy atom. The summed E-state index contributed by atoms with van der Waals surface area (Å²) < 4.78 is 5.95. The third kappa shape index (κ3) is 2.12. The largest absolute Gasteiger partial charge is 0.454 e. The highest BCUT2D eigenvalue weighted by Crippen LogP contribution is 2.51. The molecule has 0 saturated carbocycles. The van der Waals surface area contributed by atoms with E-state index in [1.54, 1.807) is 0 Å². The van der Waals surface area contributed by atoms with Crippen molar-refractivity contribution in [1.82, 2.24) is 0 Å². The molecule has 0 amide bonds. The first-order valence-electron chi connectivity index (χ1n) is 6.66. The summed E-state index contributed by atoms with van der Waals surface area (Å²) in [6.07, 6.45) is 3.74. The van der Waals surface area contributed by atoms with E-state index in [9.17, 15) is 4.79 Å². The molecule has 2 atom stereocenters. The predicted molar refractivity (Wildman–Crippen MR) is 83.5 cm³/mol. The summed E-state index contributed by atoms with van der Waals surface area (Å²) in [7, 11) is 0. The first-order chi connectivity index (χ1) is 9.02. The standard InChI is InChI=1S/C16H17IO2/c1-10-5-6-13-12(8-10)4-3-7-16(14(13)17)9-11(2)15(18)19-16/h5-6,8,14H,2-4,7,9H2,1H3/t14-,16+/m1/s1. The molecule has 0 aromatic heterocycles. The van der Waals surface area contributed by atoms with Gasteiger partial charge in [-0.25, -0.2) is 4.79 Å². The molecule has 19 heavy (non-hydrogen) atoms. The Bertz CT molecular complexity index is 546. The fraction of sp³-hybridized carbons (Fsp3) is 0.438. The minimum absolute atomic E-state index is 0.211. The van der Waals surface area contributed by atoms with Crippen molar-refractivity contribution in [2.75, 3.05) is 0 Å². The van der Waals surface area contributed by atoms with Crippen LogP contribution >= 0.6 is 22.6 Å². The second kappa shape index (κ2) is 4.62. The molecule has 0 unspecified atom stereocenters. The lowest BCUT2D eigenvalue weighted by atomic mass is 9.88. The van der Waals surface area contributed by atoms with Gasteiger partial charge in [-0.05, 0) is 37.3 Å². The molecule has 0 bridgehead atoms. The van der Waals surface area contributed by atoms with Crippen LogP contribution in [0.4, 0.5) is 0 Å². The number of aryl methyl sites for hydroxylation is 2. The van der Waals surface area contributed by atoms with Crippen LogP contribution in [-0.4, -0.2) is 11.6 Å². The lowest BCUT2D eigenvalue weighted by Crippen LogP contribution is -2.32. The van der Waals surface area contributed by atoms with Gasteiger partial charge in [-0.1, -0.05) is 52.9 Å². The summed E-state index contributed by atoms with van der Waals surface area (Å²) in [5, 5.41) is 0. The van der Waals surface area contributed by atoms with Crippen LogP contribution in [0.15, 0.2) is 30.4 Å². The number of halogens is 1. The smallest absolute Gasteiger partial charge is 0.334 e. The van der Waals surface area contributed by atoms with Gasteiger partial charge in [-0.3, -0.25) is 0 Å². The molecule has 2 nitrogen and oxygen atoms in total. The fourth-order valence-electron chi connectivity index (χ4n) is 3.19. The summed E-state index contributed by atoms with van der Waals surface area (Å²) in [5.74, 6) is -0.211. The SMILES string of the molecule is C=C1C[C@]2(CCCc3cc(C)ccc3[C@H]2I)OC1=O. The van der Waals surface area contributed by atoms with Crippen LogP contribution in [0, 0.1) is 6.92 Å². The van der Waals surface area contributed by atoms with E-state index >= 15 is 0 Å². The number of rotatable bonds is 0. The van der Waals surface area contributed by atoms with E-state index in [1.165, 1.54) is 16.7 Å². The second-order valence-electron chi connectivity index (χ2n) is 5.65. The molecule has 1 aliphatic carbocycles. The van der Waals surface area contributed by atoms with Gasteiger partial charge in [-0.15, -0.1) is 0 Å². The maximum absolute atomic E-state index is 11.7. The lowest BCUT2D eigenvalue weighted by molar-refractivity contribution is -0.146. The third-order valence-electron chi connectivity index (χ3n) is 4.18. The molecule has 1 aromatic rings. The van der Waals surface area contributed by atoms with Crippen molar-refractivity contribution in [2.24, 2.45) is 0 Å². The Hall–Kier alpha value is -0.840. The van der Waals surface area contributed by atoms with Crippen molar-refractivity contribution >= 4 is 28.6 Å². The Kier molecular flexibility index (Phi) is 3.20. The Morgan fingerprint density at radius 3 is 2.95 bits per heavy atom. The van der Waals surface area contributed by atoms with Crippen LogP contribution in [0.1, 0.15) is 39.9 Å². The van der Waals surface area contributed by atoms with Gasteiger partial charge in [0, 0.05) is 12.0 Å². The molecule has 100 valence electrons. The minimum Gasteiger partial charge on any atom is -0.454 e. The molecular weight excluding hydrogens is 351 g/mol. The molecule has 1 heterocycles. The topological polar surface area (TPSA) is 26.3 Å². The average molecular weight is 368 g/mol. The van der Waals surface area contributed by atoms with Crippen LogP contribution in [0.3, 0.4) is 0 Å². The molecule has 2 aliphatic rings. The number of carbonyl (C=O) groups is 1. The minimum atomic E-state index is -0.366. The van der Waals surface area contributed by atoms with Gasteiger partial charge >= 0.3 is 5.97 Å². The van der Waals surface area contributed by atoms with Crippen molar-refractivity contribution in [3.8, 4) is 0 Å². The van der Waals surface area contributed by atoms with Crippen LogP contribution < -0.4 is 0 Å². The van der Waals surface area contributed by atoms with Crippen molar-refractivity contribution in [1.29, 1.82) is 0 Å². The monoisotopic (exact) mass is 368 g/mol. The van der Waals surface area contributed by atoms with Gasteiger partial charge in [0.25, 0.3) is 0 Å². The number of fused-ring (bicyclic) bond motifs is 1. The van der Waals surface area contributed by atoms with E-state index in [1.807, 2.05) is 0 Å². The lowest BCUT2D eigenvalue weighted by Gasteiger charge is -2.31. The van der Waals surface area contributed by atoms with Crippen LogP contribution in [-0.2, 0) is 16.0 Å². The van der Waals surface area contributed by atoms with Gasteiger partial charge in [-0.2, -0.15) is 0 Å². The average Bonchev–Trinajstić information content (AvgIpc) is 2.58. The second-order valence-corrected chi connectivity index (χ2v) is 6.90. The zero-order valence-electron chi connectivity index (χ0n) is 11.0. The Balaban J connectivity index is 2.05. The molecular formula is C16H17IO2. The molecule has 1 aromatic carbocycles. The van der Waals surface area contributed by atoms with Crippen molar-refractivity contribution < 1.29 is 9.53 Å². The van der Waals surface area contributed by atoms with E-state index in [0.29, 0.717) is 12.0 Å². The summed E-state index contributed by atoms with van der Waals surface area (Å²) in [5.41, 5.74) is 4.29. The molecule has 1 spiro atoms. The predicted octanol–water partition coefficient (Wildman–Crippen LogP) is 4.05. The van der Waals surface area contributed by atoms with E-state index in [0.717, 1.165) is 19.3 Å².